The molecule has 140 valence electrons. The lowest BCUT2D eigenvalue weighted by Crippen LogP contribution is -2.49. The van der Waals surface area contributed by atoms with Crippen LogP contribution in [0.15, 0.2) is 24.3 Å². The number of amides is 1. The van der Waals surface area contributed by atoms with E-state index in [2.05, 4.69) is 23.5 Å². The molecule has 1 fully saturated rings. The van der Waals surface area contributed by atoms with E-state index in [4.69, 9.17) is 0 Å². The second kappa shape index (κ2) is 8.67. The van der Waals surface area contributed by atoms with Gasteiger partial charge in [0.15, 0.2) is 0 Å². The molecule has 1 aromatic rings. The Bertz CT molecular complexity index is 681. The van der Waals surface area contributed by atoms with Gasteiger partial charge < -0.3 is 4.90 Å². The van der Waals surface area contributed by atoms with Gasteiger partial charge in [0.25, 0.3) is 5.91 Å². The molecule has 25 heavy (non-hydrogen) atoms. The maximum Gasteiger partial charge on any atom is 0.254 e. The average Bonchev–Trinajstić information content (AvgIpc) is 2.54. The normalized spacial score (nSPS) is 16.2. The molecule has 6 nitrogen and oxygen atoms in total. The Morgan fingerprint density at radius 2 is 1.88 bits per heavy atom. The Balaban J connectivity index is 2.00. The van der Waals surface area contributed by atoms with Crippen molar-refractivity contribution in [2.24, 2.45) is 5.92 Å². The van der Waals surface area contributed by atoms with E-state index in [0.29, 0.717) is 36.7 Å². The number of anilines is 1. The van der Waals surface area contributed by atoms with Gasteiger partial charge in [-0.05, 0) is 30.5 Å². The van der Waals surface area contributed by atoms with Crippen LogP contribution in [0.25, 0.3) is 0 Å². The number of sulfonamides is 1. The molecule has 0 aliphatic carbocycles. The number of hydrogen-bond acceptors (Lipinski definition) is 4. The fraction of sp³-hybridized carbons (Fsp3) is 0.611. The van der Waals surface area contributed by atoms with Crippen LogP contribution in [0.5, 0.6) is 0 Å². The van der Waals surface area contributed by atoms with Crippen molar-refractivity contribution in [3.63, 3.8) is 0 Å². The van der Waals surface area contributed by atoms with Crippen molar-refractivity contribution < 1.29 is 13.2 Å². The van der Waals surface area contributed by atoms with Crippen LogP contribution >= 0.6 is 0 Å². The molecular weight excluding hydrogens is 338 g/mol. The molecular formula is C18H29N3O3S. The molecule has 1 saturated heterocycles. The molecule has 1 aliphatic rings. The van der Waals surface area contributed by atoms with Crippen LogP contribution in [0.1, 0.15) is 37.6 Å². The Labute approximate surface area is 151 Å². The summed E-state index contributed by atoms with van der Waals surface area (Å²) in [7, 11) is -3.35. The van der Waals surface area contributed by atoms with Crippen molar-refractivity contribution in [2.45, 2.75) is 27.2 Å². The van der Waals surface area contributed by atoms with Crippen LogP contribution in [-0.2, 0) is 10.0 Å². The minimum absolute atomic E-state index is 0.0410. The molecule has 0 unspecified atom stereocenters. The number of nitrogens with zero attached hydrogens (tertiary/aromatic N) is 2. The van der Waals surface area contributed by atoms with Crippen LogP contribution in [-0.4, -0.2) is 62.6 Å². The van der Waals surface area contributed by atoms with Gasteiger partial charge in [-0.3, -0.25) is 14.4 Å². The summed E-state index contributed by atoms with van der Waals surface area (Å²) in [4.78, 5) is 16.9. The topological polar surface area (TPSA) is 69.7 Å². The molecule has 0 radical (unpaired) electrons. The number of rotatable bonds is 7. The average molecular weight is 368 g/mol. The molecule has 1 aromatic carbocycles. The Kier molecular flexibility index (Phi) is 6.84. The summed E-state index contributed by atoms with van der Waals surface area (Å²) in [6.07, 6.45) is 0.550. The third kappa shape index (κ3) is 6.01. The highest BCUT2D eigenvalue weighted by Gasteiger charge is 2.22. The monoisotopic (exact) mass is 367 g/mol. The maximum absolute atomic E-state index is 12.7. The van der Waals surface area contributed by atoms with Gasteiger partial charge in [-0.15, -0.1) is 0 Å². The maximum atomic E-state index is 12.7. The summed E-state index contributed by atoms with van der Waals surface area (Å²) in [5, 5.41) is 0. The standard InChI is InChI=1S/C18H29N3O3S/c1-4-12-25(23,24)19-17-7-5-6-16(13-17)18(22)21-10-8-20(9-11-21)14-15(2)3/h5-7,13,15,19H,4,8-12,14H2,1-3H3. The number of hydrogen-bond donors (Lipinski definition) is 1. The van der Waals surface area contributed by atoms with E-state index in [-0.39, 0.29) is 11.7 Å². The second-order valence-corrected chi connectivity index (χ2v) is 8.83. The highest BCUT2D eigenvalue weighted by atomic mass is 32.2. The van der Waals surface area contributed by atoms with Crippen LogP contribution < -0.4 is 4.72 Å². The van der Waals surface area contributed by atoms with E-state index in [9.17, 15) is 13.2 Å². The Morgan fingerprint density at radius 1 is 1.20 bits per heavy atom. The van der Waals surface area contributed by atoms with Crippen molar-refractivity contribution >= 4 is 21.6 Å². The first-order valence-electron chi connectivity index (χ1n) is 8.93. The van der Waals surface area contributed by atoms with Crippen LogP contribution in [0.2, 0.25) is 0 Å². The molecule has 1 heterocycles. The van der Waals surface area contributed by atoms with E-state index in [1.165, 1.54) is 0 Å². The molecule has 2 rings (SSSR count). The quantitative estimate of drug-likeness (QED) is 0.802. The van der Waals surface area contributed by atoms with Crippen LogP contribution in [0.4, 0.5) is 5.69 Å². The van der Waals surface area contributed by atoms with E-state index < -0.39 is 10.0 Å². The number of benzene rings is 1. The molecule has 0 atom stereocenters. The summed E-state index contributed by atoms with van der Waals surface area (Å²) in [5.74, 6) is 0.652. The number of carbonyl (C=O) groups is 1. The lowest BCUT2D eigenvalue weighted by Gasteiger charge is -2.35. The first kappa shape index (κ1) is 19.7. The van der Waals surface area contributed by atoms with E-state index in [1.54, 1.807) is 24.3 Å². The molecule has 1 aliphatic heterocycles. The minimum atomic E-state index is -3.35. The smallest absolute Gasteiger partial charge is 0.254 e. The fourth-order valence-electron chi connectivity index (χ4n) is 3.05. The predicted octanol–water partition coefficient (Wildman–Crippen LogP) is 2.25. The van der Waals surface area contributed by atoms with Crippen molar-refractivity contribution in [1.29, 1.82) is 0 Å². The highest BCUT2D eigenvalue weighted by molar-refractivity contribution is 7.92. The molecule has 1 N–H and O–H groups in total. The van der Waals surface area contributed by atoms with E-state index >= 15 is 0 Å². The van der Waals surface area contributed by atoms with E-state index in [1.807, 2.05) is 11.8 Å². The predicted molar refractivity (Wildman–Crippen MR) is 101 cm³/mol. The van der Waals surface area contributed by atoms with E-state index in [0.717, 1.165) is 19.6 Å². The second-order valence-electron chi connectivity index (χ2n) is 6.99. The van der Waals surface area contributed by atoms with Gasteiger partial charge in [0.1, 0.15) is 0 Å². The SMILES string of the molecule is CCCS(=O)(=O)Nc1cccc(C(=O)N2CCN(CC(C)C)CC2)c1. The van der Waals surface area contributed by atoms with Gasteiger partial charge in [0.2, 0.25) is 10.0 Å². The zero-order valence-electron chi connectivity index (χ0n) is 15.4. The minimum Gasteiger partial charge on any atom is -0.336 e. The van der Waals surface area contributed by atoms with Gasteiger partial charge in [-0.2, -0.15) is 0 Å². The van der Waals surface area contributed by atoms with Crippen molar-refractivity contribution in [1.82, 2.24) is 9.80 Å². The van der Waals surface area contributed by atoms with Gasteiger partial charge >= 0.3 is 0 Å². The summed E-state index contributed by atoms with van der Waals surface area (Å²) < 4.78 is 26.3. The molecule has 0 bridgehead atoms. The third-order valence-corrected chi connectivity index (χ3v) is 5.63. The van der Waals surface area contributed by atoms with Crippen molar-refractivity contribution in [3.8, 4) is 0 Å². The largest absolute Gasteiger partial charge is 0.336 e. The van der Waals surface area contributed by atoms with Crippen LogP contribution in [0, 0.1) is 5.92 Å². The van der Waals surface area contributed by atoms with Gasteiger partial charge in [-0.1, -0.05) is 26.8 Å². The molecule has 0 saturated carbocycles. The summed E-state index contributed by atoms with van der Waals surface area (Å²) >= 11 is 0. The van der Waals surface area contributed by atoms with Crippen molar-refractivity contribution in [2.75, 3.05) is 43.2 Å². The summed E-state index contributed by atoms with van der Waals surface area (Å²) in [5.41, 5.74) is 0.965. The third-order valence-electron chi connectivity index (χ3n) is 4.14. The molecule has 0 spiro atoms. The zero-order valence-corrected chi connectivity index (χ0v) is 16.2. The number of nitrogens with one attached hydrogen (secondary N) is 1. The molecule has 0 aromatic heterocycles. The Hall–Kier alpha value is -1.60. The Morgan fingerprint density at radius 3 is 2.48 bits per heavy atom. The lowest BCUT2D eigenvalue weighted by atomic mass is 10.1. The number of piperazine rings is 1. The zero-order chi connectivity index (χ0) is 18.4. The highest BCUT2D eigenvalue weighted by Crippen LogP contribution is 2.16. The van der Waals surface area contributed by atoms with Gasteiger partial charge in [0.05, 0.1) is 5.75 Å². The summed E-state index contributed by atoms with van der Waals surface area (Å²) in [6, 6.07) is 6.74. The van der Waals surface area contributed by atoms with Gasteiger partial charge in [-0.25, -0.2) is 8.42 Å². The number of carbonyl (C=O) groups excluding carboxylic acids is 1. The van der Waals surface area contributed by atoms with Crippen LogP contribution in [0.3, 0.4) is 0 Å². The first-order chi connectivity index (χ1) is 11.8. The summed E-state index contributed by atoms with van der Waals surface area (Å²) in [6.45, 7) is 10.4. The molecule has 7 heteroatoms. The first-order valence-corrected chi connectivity index (χ1v) is 10.6. The lowest BCUT2D eigenvalue weighted by molar-refractivity contribution is 0.0624. The van der Waals surface area contributed by atoms with Gasteiger partial charge in [0, 0.05) is 44.0 Å². The molecule has 1 amide bonds. The fourth-order valence-corrected chi connectivity index (χ4v) is 4.17. The van der Waals surface area contributed by atoms with Crippen molar-refractivity contribution in [3.05, 3.63) is 29.8 Å².